The Labute approximate surface area is 113 Å². The van der Waals surface area contributed by atoms with Crippen LogP contribution in [0.2, 0.25) is 0 Å². The molecule has 2 nitrogen and oxygen atoms in total. The van der Waals surface area contributed by atoms with Crippen LogP contribution in [0.25, 0.3) is 0 Å². The molecule has 0 saturated heterocycles. The molecule has 0 aromatic carbocycles. The minimum absolute atomic E-state index is 0.272. The second-order valence-electron chi connectivity index (χ2n) is 5.08. The van der Waals surface area contributed by atoms with Crippen LogP contribution in [0.4, 0.5) is 0 Å². The van der Waals surface area contributed by atoms with Gasteiger partial charge in [0.2, 0.25) is 0 Å². The van der Waals surface area contributed by atoms with Gasteiger partial charge >= 0.3 is 0 Å². The molecule has 3 heteroatoms. The normalized spacial score (nSPS) is 18.8. The maximum absolute atomic E-state index is 12.5. The number of Topliss-reactive ketones (excluding diaryl/α,β-unsaturated/α-hetero) is 1. The largest absolute Gasteiger partial charge is 0.370 e. The zero-order valence-corrected chi connectivity index (χ0v) is 12.1. The number of hydrogen-bond donors (Lipinski definition) is 0. The zero-order chi connectivity index (χ0) is 13.0. The van der Waals surface area contributed by atoms with Crippen molar-refractivity contribution in [2.75, 3.05) is 7.11 Å². The molecule has 18 heavy (non-hydrogen) atoms. The van der Waals surface area contributed by atoms with Crippen molar-refractivity contribution in [3.63, 3.8) is 0 Å². The Bertz CT molecular complexity index is 402. The van der Waals surface area contributed by atoms with E-state index in [0.29, 0.717) is 6.42 Å². The van der Waals surface area contributed by atoms with E-state index in [1.54, 1.807) is 18.4 Å². The van der Waals surface area contributed by atoms with Gasteiger partial charge in [-0.15, -0.1) is 11.3 Å². The van der Waals surface area contributed by atoms with Crippen molar-refractivity contribution in [2.24, 2.45) is 0 Å². The lowest BCUT2D eigenvalue weighted by molar-refractivity contribution is -0.144. The van der Waals surface area contributed by atoms with Gasteiger partial charge in [0.15, 0.2) is 5.78 Å². The summed E-state index contributed by atoms with van der Waals surface area (Å²) in [6.07, 6.45) is 6.85. The van der Waals surface area contributed by atoms with Gasteiger partial charge in [-0.2, -0.15) is 0 Å². The van der Waals surface area contributed by atoms with Crippen LogP contribution in [-0.4, -0.2) is 18.5 Å². The van der Waals surface area contributed by atoms with E-state index in [-0.39, 0.29) is 5.78 Å². The maximum Gasteiger partial charge on any atom is 0.169 e. The van der Waals surface area contributed by atoms with Crippen molar-refractivity contribution >= 4 is 17.1 Å². The van der Waals surface area contributed by atoms with Crippen molar-refractivity contribution in [3.8, 4) is 0 Å². The summed E-state index contributed by atoms with van der Waals surface area (Å²) < 4.78 is 5.60. The fourth-order valence-electron chi connectivity index (χ4n) is 2.75. The Morgan fingerprint density at radius 1 is 1.28 bits per heavy atom. The lowest BCUT2D eigenvalue weighted by atomic mass is 9.80. The molecule has 0 aliphatic heterocycles. The third-order valence-electron chi connectivity index (χ3n) is 3.96. The molecule has 0 unspecified atom stereocenters. The average Bonchev–Trinajstić information content (AvgIpc) is 2.87. The minimum Gasteiger partial charge on any atom is -0.370 e. The second kappa shape index (κ2) is 5.98. The highest BCUT2D eigenvalue weighted by molar-refractivity contribution is 7.12. The topological polar surface area (TPSA) is 26.3 Å². The monoisotopic (exact) mass is 266 g/mol. The number of ketones is 1. The third kappa shape index (κ3) is 2.83. The number of methoxy groups -OCH3 is 1. The number of thiophene rings is 1. The second-order valence-corrected chi connectivity index (χ2v) is 6.33. The molecule has 1 saturated carbocycles. The first-order chi connectivity index (χ1) is 8.70. The minimum atomic E-state index is -0.491. The van der Waals surface area contributed by atoms with E-state index >= 15 is 0 Å². The van der Waals surface area contributed by atoms with Crippen molar-refractivity contribution in [1.29, 1.82) is 0 Å². The predicted molar refractivity (Wildman–Crippen MR) is 75.2 cm³/mol. The number of carbonyl (C=O) groups is 1. The number of ether oxygens (including phenoxy) is 1. The highest BCUT2D eigenvalue weighted by atomic mass is 32.1. The molecular formula is C15H22O2S. The van der Waals surface area contributed by atoms with Crippen molar-refractivity contribution in [1.82, 2.24) is 0 Å². The summed E-state index contributed by atoms with van der Waals surface area (Å²) in [6.45, 7) is 2.15. The molecule has 2 rings (SSSR count). The van der Waals surface area contributed by atoms with Gasteiger partial charge in [0.1, 0.15) is 5.60 Å². The van der Waals surface area contributed by atoms with Crippen LogP contribution in [0.1, 0.15) is 48.8 Å². The highest BCUT2D eigenvalue weighted by Crippen LogP contribution is 2.33. The summed E-state index contributed by atoms with van der Waals surface area (Å²) in [5.41, 5.74) is -0.491. The molecule has 1 aliphatic carbocycles. The first kappa shape index (κ1) is 13.8. The number of rotatable bonds is 5. The third-order valence-corrected chi connectivity index (χ3v) is 5.19. The van der Waals surface area contributed by atoms with Gasteiger partial charge in [0.05, 0.1) is 0 Å². The Morgan fingerprint density at radius 2 is 1.94 bits per heavy atom. The Balaban J connectivity index is 2.05. The average molecular weight is 266 g/mol. The molecule has 1 fully saturated rings. The predicted octanol–water partition coefficient (Wildman–Crippen LogP) is 3.77. The molecule has 1 aliphatic rings. The highest BCUT2D eigenvalue weighted by Gasteiger charge is 2.38. The summed E-state index contributed by atoms with van der Waals surface area (Å²) in [5.74, 6) is 0.272. The van der Waals surface area contributed by atoms with E-state index in [1.165, 1.54) is 16.2 Å². The van der Waals surface area contributed by atoms with E-state index in [2.05, 4.69) is 19.1 Å². The molecule has 0 N–H and O–H groups in total. The van der Waals surface area contributed by atoms with Crippen LogP contribution in [-0.2, 0) is 22.4 Å². The Kier molecular flexibility index (Phi) is 4.57. The van der Waals surface area contributed by atoms with E-state index < -0.39 is 5.60 Å². The van der Waals surface area contributed by atoms with Crippen LogP contribution < -0.4 is 0 Å². The Hall–Kier alpha value is -0.670. The van der Waals surface area contributed by atoms with E-state index in [9.17, 15) is 4.79 Å². The van der Waals surface area contributed by atoms with Gasteiger partial charge in [0.25, 0.3) is 0 Å². The van der Waals surface area contributed by atoms with Gasteiger partial charge < -0.3 is 4.74 Å². The SMILES string of the molecule is CCc1ccc(CC(=O)C2(OC)CCCCC2)s1. The van der Waals surface area contributed by atoms with Crippen molar-refractivity contribution in [2.45, 2.75) is 57.5 Å². The number of hydrogen-bond acceptors (Lipinski definition) is 3. The quantitative estimate of drug-likeness (QED) is 0.811. The number of carbonyl (C=O) groups excluding carboxylic acids is 1. The molecule has 0 radical (unpaired) electrons. The molecule has 0 spiro atoms. The van der Waals surface area contributed by atoms with E-state index in [4.69, 9.17) is 4.74 Å². The fourth-order valence-corrected chi connectivity index (χ4v) is 3.70. The molecular weight excluding hydrogens is 244 g/mol. The van der Waals surface area contributed by atoms with Crippen molar-refractivity contribution in [3.05, 3.63) is 21.9 Å². The number of aryl methyl sites for hydroxylation is 1. The van der Waals surface area contributed by atoms with Crippen molar-refractivity contribution < 1.29 is 9.53 Å². The van der Waals surface area contributed by atoms with Crippen LogP contribution >= 0.6 is 11.3 Å². The zero-order valence-electron chi connectivity index (χ0n) is 11.3. The van der Waals surface area contributed by atoms with Crippen LogP contribution in [0, 0.1) is 0 Å². The molecule has 1 aromatic heterocycles. The molecule has 0 atom stereocenters. The molecule has 1 heterocycles. The van der Waals surface area contributed by atoms with Gasteiger partial charge in [-0.3, -0.25) is 4.79 Å². The molecule has 100 valence electrons. The van der Waals surface area contributed by atoms with E-state index in [0.717, 1.165) is 32.1 Å². The van der Waals surface area contributed by atoms with Gasteiger partial charge in [-0.05, 0) is 31.4 Å². The standard InChI is InChI=1S/C15H22O2S/c1-3-12-7-8-13(18-12)11-14(16)15(17-2)9-5-4-6-10-15/h7-8H,3-6,9-11H2,1-2H3. The van der Waals surface area contributed by atoms with Gasteiger partial charge in [0, 0.05) is 23.3 Å². The molecule has 1 aromatic rings. The first-order valence-corrected chi connectivity index (χ1v) is 7.68. The summed E-state index contributed by atoms with van der Waals surface area (Å²) in [4.78, 5) is 15.0. The van der Waals surface area contributed by atoms with Crippen LogP contribution in [0.5, 0.6) is 0 Å². The lowest BCUT2D eigenvalue weighted by Gasteiger charge is -2.34. The van der Waals surface area contributed by atoms with E-state index in [1.807, 2.05) is 0 Å². The summed E-state index contributed by atoms with van der Waals surface area (Å²) in [6, 6.07) is 4.22. The first-order valence-electron chi connectivity index (χ1n) is 6.86. The Morgan fingerprint density at radius 3 is 2.50 bits per heavy atom. The molecule has 0 bridgehead atoms. The summed E-state index contributed by atoms with van der Waals surface area (Å²) >= 11 is 1.76. The lowest BCUT2D eigenvalue weighted by Crippen LogP contribution is -2.43. The van der Waals surface area contributed by atoms with Crippen LogP contribution in [0.15, 0.2) is 12.1 Å². The van der Waals surface area contributed by atoms with Gasteiger partial charge in [-0.25, -0.2) is 0 Å². The maximum atomic E-state index is 12.5. The summed E-state index contributed by atoms with van der Waals surface area (Å²) in [7, 11) is 1.69. The summed E-state index contributed by atoms with van der Waals surface area (Å²) in [5, 5.41) is 0. The van der Waals surface area contributed by atoms with Gasteiger partial charge in [-0.1, -0.05) is 26.2 Å². The molecule has 0 amide bonds. The smallest absolute Gasteiger partial charge is 0.169 e. The van der Waals surface area contributed by atoms with Crippen LogP contribution in [0.3, 0.4) is 0 Å². The fraction of sp³-hybridized carbons (Fsp3) is 0.667.